The van der Waals surface area contributed by atoms with Gasteiger partial charge in [-0.15, -0.1) is 0 Å². The van der Waals surface area contributed by atoms with E-state index in [-0.39, 0.29) is 18.4 Å². The van der Waals surface area contributed by atoms with Crippen LogP contribution in [0.1, 0.15) is 58.6 Å². The van der Waals surface area contributed by atoms with E-state index in [0.29, 0.717) is 23.6 Å². The molecule has 0 spiro atoms. The minimum Gasteiger partial charge on any atom is -0.444 e. The Morgan fingerprint density at radius 3 is 2.33 bits per heavy atom. The van der Waals surface area contributed by atoms with Crippen molar-refractivity contribution in [1.82, 2.24) is 0 Å². The molecule has 1 aliphatic heterocycles. The van der Waals surface area contributed by atoms with Gasteiger partial charge < -0.3 is 15.4 Å². The fraction of sp³-hybridized carbons (Fsp3) is 0.333. The minimum absolute atomic E-state index is 0.0109. The number of carbonyl (C=O) groups is 2. The summed E-state index contributed by atoms with van der Waals surface area (Å²) in [5, 5.41) is 2.90. The van der Waals surface area contributed by atoms with Crippen LogP contribution in [0.15, 0.2) is 72.8 Å². The predicted molar refractivity (Wildman–Crippen MR) is 143 cm³/mol. The Labute approximate surface area is 212 Å². The zero-order chi connectivity index (χ0) is 24.9. The van der Waals surface area contributed by atoms with Crippen LogP contribution < -0.4 is 16.0 Å². The summed E-state index contributed by atoms with van der Waals surface area (Å²) in [4.78, 5) is 28.1. The highest BCUT2D eigenvalue weighted by atomic mass is 16.5. The van der Waals surface area contributed by atoms with E-state index in [1.54, 1.807) is 6.07 Å². The van der Waals surface area contributed by atoms with E-state index < -0.39 is 6.09 Å². The largest absolute Gasteiger partial charge is 0.444 e. The summed E-state index contributed by atoms with van der Waals surface area (Å²) in [7, 11) is 0. The molecule has 0 bridgehead atoms. The molecule has 1 aliphatic carbocycles. The van der Waals surface area contributed by atoms with Crippen molar-refractivity contribution in [3.63, 3.8) is 0 Å². The first-order valence-electron chi connectivity index (χ1n) is 12.8. The lowest BCUT2D eigenvalue weighted by atomic mass is 9.99. The van der Waals surface area contributed by atoms with Crippen LogP contribution in [0.25, 0.3) is 0 Å². The van der Waals surface area contributed by atoms with Gasteiger partial charge in [-0.05, 0) is 60.6 Å². The summed E-state index contributed by atoms with van der Waals surface area (Å²) in [6.45, 7) is 2.04. The SMILES string of the molecule is N[C@@H]1C[C@H]1c1ccc(CC(=O)c2ccc(N3CCCCC3)c(NC(=O)OCc3ccccc3)c2)cc1. The molecule has 6 heteroatoms. The number of anilines is 2. The predicted octanol–water partition coefficient (Wildman–Crippen LogP) is 5.67. The maximum absolute atomic E-state index is 13.2. The van der Waals surface area contributed by atoms with Crippen molar-refractivity contribution in [3.8, 4) is 0 Å². The summed E-state index contributed by atoms with van der Waals surface area (Å²) < 4.78 is 5.45. The number of hydrogen-bond donors (Lipinski definition) is 2. The van der Waals surface area contributed by atoms with Gasteiger partial charge in [-0.2, -0.15) is 0 Å². The molecule has 1 amide bonds. The van der Waals surface area contributed by atoms with Gasteiger partial charge in [0.25, 0.3) is 0 Å². The van der Waals surface area contributed by atoms with Gasteiger partial charge in [0.1, 0.15) is 6.61 Å². The highest BCUT2D eigenvalue weighted by molar-refractivity contribution is 6.01. The minimum atomic E-state index is -0.532. The normalized spacial score (nSPS) is 19.0. The average molecular weight is 484 g/mol. The highest BCUT2D eigenvalue weighted by Crippen LogP contribution is 2.39. The lowest BCUT2D eigenvalue weighted by Crippen LogP contribution is -2.30. The topological polar surface area (TPSA) is 84.7 Å². The summed E-state index contributed by atoms with van der Waals surface area (Å²) in [6.07, 6.45) is 4.24. The second-order valence-electron chi connectivity index (χ2n) is 9.81. The van der Waals surface area contributed by atoms with E-state index in [4.69, 9.17) is 10.5 Å². The molecule has 186 valence electrons. The van der Waals surface area contributed by atoms with E-state index in [1.807, 2.05) is 54.6 Å². The van der Waals surface area contributed by atoms with Gasteiger partial charge in [-0.1, -0.05) is 54.6 Å². The van der Waals surface area contributed by atoms with E-state index in [9.17, 15) is 9.59 Å². The number of Topliss-reactive ketones (excluding diaryl/α,β-unsaturated/α-hetero) is 1. The maximum Gasteiger partial charge on any atom is 0.412 e. The van der Waals surface area contributed by atoms with Gasteiger partial charge in [0.2, 0.25) is 0 Å². The smallest absolute Gasteiger partial charge is 0.412 e. The van der Waals surface area contributed by atoms with Gasteiger partial charge in [-0.25, -0.2) is 4.79 Å². The van der Waals surface area contributed by atoms with Crippen LogP contribution in [0, 0.1) is 0 Å². The van der Waals surface area contributed by atoms with E-state index in [1.165, 1.54) is 12.0 Å². The number of ketones is 1. The summed E-state index contributed by atoms with van der Waals surface area (Å²) in [6, 6.07) is 23.6. The molecular formula is C30H33N3O3. The standard InChI is InChI=1S/C30H33N3O3/c31-26-19-25(26)23-11-9-21(10-12-23)17-29(34)24-13-14-28(33-15-5-2-6-16-33)27(18-24)32-30(35)36-20-22-7-3-1-4-8-22/h1,3-4,7-14,18,25-26H,2,5-6,15-17,19-20,31H2,(H,32,35)/t25-,26+/m0/s1. The Bertz CT molecular complexity index is 1200. The third-order valence-corrected chi connectivity index (χ3v) is 7.08. The van der Waals surface area contributed by atoms with Crippen LogP contribution >= 0.6 is 0 Å². The number of nitrogens with one attached hydrogen (secondary N) is 1. The molecule has 6 nitrogen and oxygen atoms in total. The maximum atomic E-state index is 13.2. The van der Waals surface area contributed by atoms with Crippen LogP contribution in [-0.2, 0) is 17.8 Å². The molecule has 3 aromatic carbocycles. The summed E-state index contributed by atoms with van der Waals surface area (Å²) >= 11 is 0. The average Bonchev–Trinajstić information content (AvgIpc) is 3.65. The third kappa shape index (κ3) is 5.94. The molecule has 2 aliphatic rings. The molecule has 3 aromatic rings. The number of benzene rings is 3. The third-order valence-electron chi connectivity index (χ3n) is 7.08. The molecule has 2 atom stereocenters. The number of ether oxygens (including phenoxy) is 1. The second kappa shape index (κ2) is 11.0. The number of nitrogens with two attached hydrogens (primary N) is 1. The second-order valence-corrected chi connectivity index (χ2v) is 9.81. The number of hydrogen-bond acceptors (Lipinski definition) is 5. The Morgan fingerprint density at radius 1 is 0.917 bits per heavy atom. The quantitative estimate of drug-likeness (QED) is 0.404. The van der Waals surface area contributed by atoms with E-state index in [2.05, 4.69) is 22.3 Å². The number of amides is 1. The van der Waals surface area contributed by atoms with Crippen LogP contribution in [0.5, 0.6) is 0 Å². The lowest BCUT2D eigenvalue weighted by molar-refractivity contribution is 0.0993. The van der Waals surface area contributed by atoms with Crippen molar-refractivity contribution in [2.24, 2.45) is 5.73 Å². The number of piperidine rings is 1. The number of rotatable bonds is 8. The van der Waals surface area contributed by atoms with Crippen LogP contribution in [0.3, 0.4) is 0 Å². The molecule has 0 aromatic heterocycles. The van der Waals surface area contributed by atoms with Crippen molar-refractivity contribution in [1.29, 1.82) is 0 Å². The molecule has 0 radical (unpaired) electrons. The fourth-order valence-electron chi connectivity index (χ4n) is 4.86. The first kappa shape index (κ1) is 24.1. The molecule has 1 saturated carbocycles. The first-order valence-corrected chi connectivity index (χ1v) is 12.8. The molecule has 2 fully saturated rings. The molecule has 5 rings (SSSR count). The lowest BCUT2D eigenvalue weighted by Gasteiger charge is -2.30. The molecule has 3 N–H and O–H groups in total. The zero-order valence-corrected chi connectivity index (χ0v) is 20.5. The highest BCUT2D eigenvalue weighted by Gasteiger charge is 2.34. The van der Waals surface area contributed by atoms with E-state index in [0.717, 1.165) is 49.2 Å². The van der Waals surface area contributed by atoms with Gasteiger partial charge in [0.15, 0.2) is 5.78 Å². The molecular weight excluding hydrogens is 450 g/mol. The van der Waals surface area contributed by atoms with Gasteiger partial charge >= 0.3 is 6.09 Å². The van der Waals surface area contributed by atoms with E-state index >= 15 is 0 Å². The fourth-order valence-corrected chi connectivity index (χ4v) is 4.86. The Kier molecular flexibility index (Phi) is 7.33. The molecule has 1 heterocycles. The number of carbonyl (C=O) groups excluding carboxylic acids is 2. The van der Waals surface area contributed by atoms with Gasteiger partial charge in [0.05, 0.1) is 11.4 Å². The van der Waals surface area contributed by atoms with Crippen LogP contribution in [0.2, 0.25) is 0 Å². The molecule has 0 unspecified atom stereocenters. The first-order chi connectivity index (χ1) is 17.6. The van der Waals surface area contributed by atoms with Crippen molar-refractivity contribution >= 4 is 23.3 Å². The van der Waals surface area contributed by atoms with Crippen LogP contribution in [-0.4, -0.2) is 31.0 Å². The monoisotopic (exact) mass is 483 g/mol. The molecule has 36 heavy (non-hydrogen) atoms. The Morgan fingerprint density at radius 2 is 1.64 bits per heavy atom. The Hall–Kier alpha value is -3.64. The molecule has 1 saturated heterocycles. The summed E-state index contributed by atoms with van der Waals surface area (Å²) in [5.74, 6) is 0.462. The van der Waals surface area contributed by atoms with Crippen molar-refractivity contribution in [3.05, 3.63) is 95.1 Å². The zero-order valence-electron chi connectivity index (χ0n) is 20.5. The Balaban J connectivity index is 1.30. The van der Waals surface area contributed by atoms with Gasteiger partial charge in [-0.3, -0.25) is 10.1 Å². The van der Waals surface area contributed by atoms with Crippen molar-refractivity contribution in [2.45, 2.75) is 50.7 Å². The van der Waals surface area contributed by atoms with Crippen molar-refractivity contribution < 1.29 is 14.3 Å². The van der Waals surface area contributed by atoms with Crippen LogP contribution in [0.4, 0.5) is 16.2 Å². The van der Waals surface area contributed by atoms with Crippen molar-refractivity contribution in [2.75, 3.05) is 23.3 Å². The van der Waals surface area contributed by atoms with Gasteiger partial charge in [0, 0.05) is 37.0 Å². The summed E-state index contributed by atoms with van der Waals surface area (Å²) in [5.41, 5.74) is 11.2. The number of nitrogens with zero attached hydrogens (tertiary/aromatic N) is 1.